The molecule has 7 heteroatoms. The minimum Gasteiger partial charge on any atom is -0.481 e. The van der Waals surface area contributed by atoms with Crippen molar-refractivity contribution >= 4 is 31.7 Å². The molecule has 1 aliphatic heterocycles. The summed E-state index contributed by atoms with van der Waals surface area (Å²) in [5.41, 5.74) is 0. The van der Waals surface area contributed by atoms with Crippen LogP contribution in [0.3, 0.4) is 0 Å². The Kier molecular flexibility index (Phi) is 5.40. The largest absolute Gasteiger partial charge is 0.481 e. The van der Waals surface area contributed by atoms with Crippen molar-refractivity contribution in [1.82, 2.24) is 4.90 Å². The van der Waals surface area contributed by atoms with Crippen LogP contribution < -0.4 is 0 Å². The predicted molar refractivity (Wildman–Crippen MR) is 83.0 cm³/mol. The third-order valence-corrected chi connectivity index (χ3v) is 5.87. The standard InChI is InChI=1S/C14H18BrNO4S/c15-12-4-1-5-13(9-12)21(19,20)8-7-16-6-2-3-11(10-16)14(17)18/h1,4-5,9,11H,2-3,6-8,10H2,(H,17,18). The van der Waals surface area contributed by atoms with Gasteiger partial charge in [0, 0.05) is 17.6 Å². The van der Waals surface area contributed by atoms with Crippen LogP contribution in [0.1, 0.15) is 12.8 Å². The van der Waals surface area contributed by atoms with E-state index in [1.165, 1.54) is 0 Å². The van der Waals surface area contributed by atoms with Crippen LogP contribution in [0.25, 0.3) is 0 Å². The highest BCUT2D eigenvalue weighted by atomic mass is 79.9. The molecule has 116 valence electrons. The molecule has 0 aliphatic carbocycles. The smallest absolute Gasteiger partial charge is 0.307 e. The zero-order valence-corrected chi connectivity index (χ0v) is 13.9. The summed E-state index contributed by atoms with van der Waals surface area (Å²) < 4.78 is 25.3. The molecule has 0 saturated carbocycles. The molecule has 1 aromatic carbocycles. The van der Waals surface area contributed by atoms with Crippen molar-refractivity contribution in [3.05, 3.63) is 28.7 Å². The van der Waals surface area contributed by atoms with E-state index in [4.69, 9.17) is 5.11 Å². The number of benzene rings is 1. The van der Waals surface area contributed by atoms with Crippen LogP contribution in [0.5, 0.6) is 0 Å². The summed E-state index contributed by atoms with van der Waals surface area (Å²) in [5.74, 6) is -1.17. The van der Waals surface area contributed by atoms with Gasteiger partial charge in [0.05, 0.1) is 16.6 Å². The van der Waals surface area contributed by atoms with Gasteiger partial charge in [-0.05, 0) is 37.6 Å². The van der Waals surface area contributed by atoms with E-state index in [2.05, 4.69) is 15.9 Å². The van der Waals surface area contributed by atoms with Gasteiger partial charge in [-0.3, -0.25) is 4.79 Å². The number of carbonyl (C=O) groups is 1. The van der Waals surface area contributed by atoms with Crippen molar-refractivity contribution in [2.24, 2.45) is 5.92 Å². The molecule has 1 saturated heterocycles. The van der Waals surface area contributed by atoms with Crippen LogP contribution in [0, 0.1) is 5.92 Å². The molecule has 0 bridgehead atoms. The minimum absolute atomic E-state index is 0.00971. The number of nitrogens with zero attached hydrogens (tertiary/aromatic N) is 1. The molecule has 1 unspecified atom stereocenters. The number of piperidine rings is 1. The highest BCUT2D eigenvalue weighted by Crippen LogP contribution is 2.19. The van der Waals surface area contributed by atoms with Crippen LogP contribution >= 0.6 is 15.9 Å². The lowest BCUT2D eigenvalue weighted by molar-refractivity contribution is -0.143. The molecule has 1 aromatic rings. The summed E-state index contributed by atoms with van der Waals surface area (Å²) >= 11 is 3.27. The normalized spacial score (nSPS) is 20.3. The van der Waals surface area contributed by atoms with Crippen molar-refractivity contribution in [3.63, 3.8) is 0 Å². The molecular formula is C14H18BrNO4S. The molecule has 2 rings (SSSR count). The Balaban J connectivity index is 1.97. The van der Waals surface area contributed by atoms with E-state index >= 15 is 0 Å². The molecule has 0 spiro atoms. The molecule has 21 heavy (non-hydrogen) atoms. The summed E-state index contributed by atoms with van der Waals surface area (Å²) in [5, 5.41) is 9.04. The Morgan fingerprint density at radius 3 is 2.86 bits per heavy atom. The predicted octanol–water partition coefficient (Wildman–Crippen LogP) is 2.02. The van der Waals surface area contributed by atoms with Crippen molar-refractivity contribution in [2.45, 2.75) is 17.7 Å². The Morgan fingerprint density at radius 2 is 2.19 bits per heavy atom. The highest BCUT2D eigenvalue weighted by Gasteiger charge is 2.26. The number of carboxylic acid groups (broad SMARTS) is 1. The summed E-state index contributed by atoms with van der Waals surface area (Å²) in [4.78, 5) is 13.2. The second-order valence-corrected chi connectivity index (χ2v) is 8.28. The SMILES string of the molecule is O=C(O)C1CCCN(CCS(=O)(=O)c2cccc(Br)c2)C1. The first-order chi connectivity index (χ1) is 9.88. The molecule has 0 radical (unpaired) electrons. The summed E-state index contributed by atoms with van der Waals surface area (Å²) in [7, 11) is -3.34. The molecule has 1 heterocycles. The second-order valence-electron chi connectivity index (χ2n) is 5.25. The first kappa shape index (κ1) is 16.5. The van der Waals surface area contributed by atoms with Crippen molar-refractivity contribution in [2.75, 3.05) is 25.4 Å². The number of halogens is 1. The van der Waals surface area contributed by atoms with Crippen molar-refractivity contribution in [3.8, 4) is 0 Å². The topological polar surface area (TPSA) is 74.7 Å². The van der Waals surface area contributed by atoms with Crippen LogP contribution in [0.4, 0.5) is 0 Å². The van der Waals surface area contributed by atoms with Gasteiger partial charge in [0.25, 0.3) is 0 Å². The van der Waals surface area contributed by atoms with E-state index in [9.17, 15) is 13.2 Å². The number of hydrogen-bond donors (Lipinski definition) is 1. The fourth-order valence-electron chi connectivity index (χ4n) is 2.49. The molecule has 1 fully saturated rings. The van der Waals surface area contributed by atoms with Crippen LogP contribution in [0.15, 0.2) is 33.6 Å². The maximum absolute atomic E-state index is 12.3. The monoisotopic (exact) mass is 375 g/mol. The van der Waals surface area contributed by atoms with E-state index in [1.54, 1.807) is 24.3 Å². The highest BCUT2D eigenvalue weighted by molar-refractivity contribution is 9.10. The molecule has 1 aliphatic rings. The number of carboxylic acids is 1. The summed E-state index contributed by atoms with van der Waals surface area (Å²) in [6.07, 6.45) is 1.47. The molecule has 1 N–H and O–H groups in total. The number of aliphatic carboxylic acids is 1. The van der Waals surface area contributed by atoms with Crippen LogP contribution in [0.2, 0.25) is 0 Å². The zero-order chi connectivity index (χ0) is 15.5. The fourth-order valence-corrected chi connectivity index (χ4v) is 4.37. The third kappa shape index (κ3) is 4.52. The Labute approximate surface area is 133 Å². The average Bonchev–Trinajstić information content (AvgIpc) is 2.45. The van der Waals surface area contributed by atoms with Crippen LogP contribution in [-0.4, -0.2) is 49.8 Å². The van der Waals surface area contributed by atoms with E-state index in [1.807, 2.05) is 4.90 Å². The number of sulfone groups is 1. The Morgan fingerprint density at radius 1 is 1.43 bits per heavy atom. The first-order valence-electron chi connectivity index (χ1n) is 6.82. The lowest BCUT2D eigenvalue weighted by Gasteiger charge is -2.30. The van der Waals surface area contributed by atoms with Crippen LogP contribution in [-0.2, 0) is 14.6 Å². The third-order valence-electron chi connectivity index (χ3n) is 3.69. The first-order valence-corrected chi connectivity index (χ1v) is 9.26. The van der Waals surface area contributed by atoms with E-state index in [-0.39, 0.29) is 11.7 Å². The van der Waals surface area contributed by atoms with Gasteiger partial charge in [0.2, 0.25) is 0 Å². The zero-order valence-electron chi connectivity index (χ0n) is 11.5. The van der Waals surface area contributed by atoms with Gasteiger partial charge in [-0.1, -0.05) is 22.0 Å². The van der Waals surface area contributed by atoms with E-state index in [0.717, 1.165) is 17.4 Å². The Bertz CT molecular complexity index is 617. The quantitative estimate of drug-likeness (QED) is 0.851. The minimum atomic E-state index is -3.34. The lowest BCUT2D eigenvalue weighted by atomic mass is 9.98. The molecule has 1 atom stereocenters. The van der Waals surface area contributed by atoms with Gasteiger partial charge in [0.1, 0.15) is 0 Å². The van der Waals surface area contributed by atoms with Gasteiger partial charge < -0.3 is 10.0 Å². The second kappa shape index (κ2) is 6.89. The van der Waals surface area contributed by atoms with Gasteiger partial charge in [-0.2, -0.15) is 0 Å². The van der Waals surface area contributed by atoms with Gasteiger partial charge in [-0.25, -0.2) is 8.42 Å². The average molecular weight is 376 g/mol. The lowest BCUT2D eigenvalue weighted by Crippen LogP contribution is -2.40. The van der Waals surface area contributed by atoms with E-state index < -0.39 is 15.8 Å². The maximum Gasteiger partial charge on any atom is 0.307 e. The van der Waals surface area contributed by atoms with Crippen molar-refractivity contribution in [1.29, 1.82) is 0 Å². The van der Waals surface area contributed by atoms with Gasteiger partial charge in [-0.15, -0.1) is 0 Å². The number of rotatable bonds is 5. The van der Waals surface area contributed by atoms with Crippen molar-refractivity contribution < 1.29 is 18.3 Å². The van der Waals surface area contributed by atoms with E-state index in [0.29, 0.717) is 24.4 Å². The maximum atomic E-state index is 12.3. The van der Waals surface area contributed by atoms with Gasteiger partial charge >= 0.3 is 5.97 Å². The summed E-state index contributed by atoms with van der Waals surface area (Å²) in [6, 6.07) is 6.64. The molecule has 0 amide bonds. The molecule has 0 aromatic heterocycles. The molecule has 5 nitrogen and oxygen atoms in total. The fraction of sp³-hybridized carbons (Fsp3) is 0.500. The number of hydrogen-bond acceptors (Lipinski definition) is 4. The number of likely N-dealkylation sites (tertiary alicyclic amines) is 1. The van der Waals surface area contributed by atoms with Gasteiger partial charge in [0.15, 0.2) is 9.84 Å². The summed E-state index contributed by atoms with van der Waals surface area (Å²) in [6.45, 7) is 1.57. The molecular weight excluding hydrogens is 358 g/mol. The Hall–Kier alpha value is -0.920.